The number of esters is 1. The molecule has 0 aromatic heterocycles. The van der Waals surface area contributed by atoms with E-state index < -0.39 is 27.9 Å². The van der Waals surface area contributed by atoms with E-state index in [0.717, 1.165) is 17.1 Å². The van der Waals surface area contributed by atoms with Gasteiger partial charge in [-0.2, -0.15) is 0 Å². The number of halogens is 1. The molecule has 3 rings (SSSR count). The lowest BCUT2D eigenvalue weighted by Gasteiger charge is -2.22. The van der Waals surface area contributed by atoms with Crippen LogP contribution in [0.1, 0.15) is 48.9 Å². The first-order valence-electron chi connectivity index (χ1n) is 10.0. The molecule has 2 aromatic carbocycles. The molecule has 1 aliphatic rings. The average Bonchev–Trinajstić information content (AvgIpc) is 2.95. The summed E-state index contributed by atoms with van der Waals surface area (Å²) < 4.78 is 32.5. The van der Waals surface area contributed by atoms with Crippen molar-refractivity contribution in [1.82, 2.24) is 4.31 Å². The molecule has 0 fully saturated rings. The molecule has 0 bridgehead atoms. The van der Waals surface area contributed by atoms with Crippen molar-refractivity contribution in [2.45, 2.75) is 44.0 Å². The van der Waals surface area contributed by atoms with Gasteiger partial charge in [0.1, 0.15) is 0 Å². The van der Waals surface area contributed by atoms with Gasteiger partial charge in [0, 0.05) is 11.1 Å². The number of carbonyl (C=O) groups is 2. The Kier molecular flexibility index (Phi) is 7.18. The number of fused-ring (bicyclic) bond motifs is 1. The molecule has 0 saturated heterocycles. The molecule has 1 amide bonds. The zero-order chi connectivity index (χ0) is 22.6. The molecule has 0 radical (unpaired) electrons. The molecule has 0 spiro atoms. The van der Waals surface area contributed by atoms with E-state index in [1.165, 1.54) is 12.2 Å². The Morgan fingerprint density at radius 1 is 1.16 bits per heavy atom. The Bertz CT molecular complexity index is 1110. The molecule has 2 aromatic rings. The second-order valence-corrected chi connectivity index (χ2v) is 9.50. The minimum absolute atomic E-state index is 0.0783. The third-order valence-electron chi connectivity index (χ3n) is 5.03. The van der Waals surface area contributed by atoms with Gasteiger partial charge in [0.05, 0.1) is 24.0 Å². The van der Waals surface area contributed by atoms with Crippen molar-refractivity contribution in [1.29, 1.82) is 0 Å². The lowest BCUT2D eigenvalue weighted by Crippen LogP contribution is -2.34. The van der Waals surface area contributed by atoms with Gasteiger partial charge < -0.3 is 4.74 Å². The van der Waals surface area contributed by atoms with Gasteiger partial charge in [-0.05, 0) is 48.2 Å². The van der Waals surface area contributed by atoms with Gasteiger partial charge in [0.25, 0.3) is 15.9 Å². The van der Waals surface area contributed by atoms with E-state index in [1.807, 2.05) is 6.92 Å². The van der Waals surface area contributed by atoms with Crippen molar-refractivity contribution in [3.8, 4) is 0 Å². The topological polar surface area (TPSA) is 80.8 Å². The molecule has 0 saturated carbocycles. The third-order valence-corrected chi connectivity index (χ3v) is 7.31. The summed E-state index contributed by atoms with van der Waals surface area (Å²) in [6.07, 6.45) is 4.06. The van der Waals surface area contributed by atoms with Crippen molar-refractivity contribution in [2.24, 2.45) is 0 Å². The van der Waals surface area contributed by atoms with Gasteiger partial charge in [0.15, 0.2) is 0 Å². The van der Waals surface area contributed by atoms with Crippen molar-refractivity contribution >= 4 is 39.6 Å². The quantitative estimate of drug-likeness (QED) is 0.340. The molecule has 6 nitrogen and oxygen atoms in total. The van der Waals surface area contributed by atoms with Crippen LogP contribution in [0.5, 0.6) is 0 Å². The molecule has 1 aliphatic heterocycles. The number of aryl methyl sites for hydroxylation is 1. The van der Waals surface area contributed by atoms with Crippen molar-refractivity contribution < 1.29 is 22.7 Å². The van der Waals surface area contributed by atoms with Crippen LogP contribution in [-0.2, 0) is 24.3 Å². The van der Waals surface area contributed by atoms with Gasteiger partial charge in [-0.15, -0.1) is 0 Å². The van der Waals surface area contributed by atoms with Gasteiger partial charge >= 0.3 is 5.97 Å². The summed E-state index contributed by atoms with van der Waals surface area (Å²) in [7, 11) is -4.10. The molecule has 164 valence electrons. The number of unbranched alkanes of at least 4 members (excludes halogenated alkanes) is 1. The van der Waals surface area contributed by atoms with Crippen molar-refractivity contribution in [3.05, 3.63) is 70.3 Å². The normalized spacial score (nSPS) is 17.0. The fourth-order valence-electron chi connectivity index (χ4n) is 3.51. The Morgan fingerprint density at radius 3 is 2.55 bits per heavy atom. The van der Waals surface area contributed by atoms with Crippen LogP contribution >= 0.6 is 11.6 Å². The number of rotatable bonds is 7. The third kappa shape index (κ3) is 4.99. The molecule has 1 atom stereocenters. The van der Waals surface area contributed by atoms with Crippen LogP contribution in [0.3, 0.4) is 0 Å². The highest BCUT2D eigenvalue weighted by Crippen LogP contribution is 2.43. The van der Waals surface area contributed by atoms with E-state index in [1.54, 1.807) is 49.4 Å². The fraction of sp³-hybridized carbons (Fsp3) is 0.304. The summed E-state index contributed by atoms with van der Waals surface area (Å²) in [5, 5.41) is 0.554. The second kappa shape index (κ2) is 9.66. The minimum atomic E-state index is -4.10. The molecule has 1 heterocycles. The molecule has 31 heavy (non-hydrogen) atoms. The predicted molar refractivity (Wildman–Crippen MR) is 119 cm³/mol. The Hall–Kier alpha value is -2.64. The SMILES string of the molecule is CCCCOC(=O)CC1c2cccc(C)c2S(=O)(=O)N1C(=O)/C=C/c1ccc(Cl)cc1. The van der Waals surface area contributed by atoms with E-state index in [4.69, 9.17) is 16.3 Å². The van der Waals surface area contributed by atoms with Gasteiger partial charge in [0.2, 0.25) is 0 Å². The summed E-state index contributed by atoms with van der Waals surface area (Å²) in [4.78, 5) is 25.5. The standard InChI is InChI=1S/C23H24ClNO5S/c1-3-4-14-30-22(27)15-20-19-7-5-6-16(2)23(19)31(28,29)25(20)21(26)13-10-17-8-11-18(24)12-9-17/h5-13,20H,3-4,14-15H2,1-2H3/b13-10+. The number of amides is 1. The summed E-state index contributed by atoms with van der Waals surface area (Å²) in [5.41, 5.74) is 1.65. The Morgan fingerprint density at radius 2 is 1.87 bits per heavy atom. The lowest BCUT2D eigenvalue weighted by atomic mass is 10.0. The average molecular weight is 462 g/mol. The van der Waals surface area contributed by atoms with Gasteiger partial charge in [-0.25, -0.2) is 12.7 Å². The van der Waals surface area contributed by atoms with Crippen LogP contribution in [0.15, 0.2) is 53.4 Å². The largest absolute Gasteiger partial charge is 0.466 e. The number of nitrogens with zero attached hydrogens (tertiary/aromatic N) is 1. The molecule has 0 N–H and O–H groups in total. The molecule has 0 aliphatic carbocycles. The highest BCUT2D eigenvalue weighted by atomic mass is 35.5. The Labute approximate surface area is 187 Å². The van der Waals surface area contributed by atoms with Crippen LogP contribution in [0.4, 0.5) is 0 Å². The zero-order valence-corrected chi connectivity index (χ0v) is 18.9. The monoisotopic (exact) mass is 461 g/mol. The van der Waals surface area contributed by atoms with Crippen LogP contribution in [0.25, 0.3) is 6.08 Å². The maximum absolute atomic E-state index is 13.3. The number of benzene rings is 2. The highest BCUT2D eigenvalue weighted by molar-refractivity contribution is 7.90. The maximum atomic E-state index is 13.3. The Balaban J connectivity index is 1.93. The summed E-state index contributed by atoms with van der Waals surface area (Å²) in [6.45, 7) is 3.91. The molecular formula is C23H24ClNO5S. The summed E-state index contributed by atoms with van der Waals surface area (Å²) >= 11 is 5.87. The maximum Gasteiger partial charge on any atom is 0.308 e. The van der Waals surface area contributed by atoms with E-state index in [2.05, 4.69) is 0 Å². The molecular weight excluding hydrogens is 438 g/mol. The van der Waals surface area contributed by atoms with Crippen LogP contribution in [-0.4, -0.2) is 31.2 Å². The number of sulfonamides is 1. The molecule has 8 heteroatoms. The summed E-state index contributed by atoms with van der Waals surface area (Å²) in [5.74, 6) is -1.26. The minimum Gasteiger partial charge on any atom is -0.466 e. The first-order chi connectivity index (χ1) is 14.8. The smallest absolute Gasteiger partial charge is 0.308 e. The zero-order valence-electron chi connectivity index (χ0n) is 17.4. The molecule has 1 unspecified atom stereocenters. The van der Waals surface area contributed by atoms with E-state index in [-0.39, 0.29) is 17.9 Å². The summed E-state index contributed by atoms with van der Waals surface area (Å²) in [6, 6.07) is 10.9. The van der Waals surface area contributed by atoms with Gasteiger partial charge in [-0.3, -0.25) is 9.59 Å². The fourth-order valence-corrected chi connectivity index (χ4v) is 5.63. The van der Waals surface area contributed by atoms with Crippen LogP contribution in [0.2, 0.25) is 5.02 Å². The van der Waals surface area contributed by atoms with E-state index >= 15 is 0 Å². The van der Waals surface area contributed by atoms with Gasteiger partial charge in [-0.1, -0.05) is 55.3 Å². The van der Waals surface area contributed by atoms with Crippen molar-refractivity contribution in [3.63, 3.8) is 0 Å². The first kappa shape index (κ1) is 23.0. The number of carbonyl (C=O) groups excluding carboxylic acids is 2. The van der Waals surface area contributed by atoms with Crippen molar-refractivity contribution in [2.75, 3.05) is 6.61 Å². The van der Waals surface area contributed by atoms with E-state index in [0.29, 0.717) is 21.7 Å². The predicted octanol–water partition coefficient (Wildman–Crippen LogP) is 4.67. The first-order valence-corrected chi connectivity index (χ1v) is 11.8. The highest BCUT2D eigenvalue weighted by Gasteiger charge is 2.46. The number of hydrogen-bond acceptors (Lipinski definition) is 5. The number of hydrogen-bond donors (Lipinski definition) is 0. The van der Waals surface area contributed by atoms with E-state index in [9.17, 15) is 18.0 Å². The lowest BCUT2D eigenvalue weighted by molar-refractivity contribution is -0.145. The van der Waals surface area contributed by atoms with Crippen LogP contribution in [0, 0.1) is 6.92 Å². The van der Waals surface area contributed by atoms with Crippen LogP contribution < -0.4 is 0 Å². The number of ether oxygens (including phenoxy) is 1. The second-order valence-electron chi connectivity index (χ2n) is 7.31.